The number of rotatable bonds is 5. The molecule has 3 heteroatoms. The minimum absolute atomic E-state index is 0.597. The molecular weight excluding hydrogens is 162 g/mol. The number of nitrogens with one attached hydrogen (secondary N) is 1. The van der Waals surface area contributed by atoms with Crippen LogP contribution in [0.4, 0.5) is 0 Å². The summed E-state index contributed by atoms with van der Waals surface area (Å²) < 4.78 is 1.94. The lowest BCUT2D eigenvalue weighted by Crippen LogP contribution is -2.26. The van der Waals surface area contributed by atoms with Gasteiger partial charge in [0.25, 0.3) is 0 Å². The molecule has 1 unspecified atom stereocenters. The van der Waals surface area contributed by atoms with Crippen LogP contribution in [0.5, 0.6) is 0 Å². The highest BCUT2D eigenvalue weighted by Gasteiger charge is 2.02. The van der Waals surface area contributed by atoms with Gasteiger partial charge < -0.3 is 5.32 Å². The number of aryl methyl sites for hydroxylation is 2. The maximum absolute atomic E-state index is 4.14. The molecule has 0 aromatic carbocycles. The molecule has 0 saturated heterocycles. The molecule has 0 amide bonds. The van der Waals surface area contributed by atoms with Crippen molar-refractivity contribution in [2.75, 3.05) is 6.54 Å². The van der Waals surface area contributed by atoms with Crippen LogP contribution >= 0.6 is 0 Å². The third-order valence-corrected chi connectivity index (χ3v) is 2.31. The van der Waals surface area contributed by atoms with Gasteiger partial charge in [-0.3, -0.25) is 4.68 Å². The molecule has 0 fully saturated rings. The van der Waals surface area contributed by atoms with Crippen molar-refractivity contribution in [1.82, 2.24) is 15.1 Å². The zero-order valence-corrected chi connectivity index (χ0v) is 8.75. The minimum atomic E-state index is 0.597. The van der Waals surface area contributed by atoms with Gasteiger partial charge in [0.1, 0.15) is 0 Å². The van der Waals surface area contributed by atoms with Crippen LogP contribution in [0.3, 0.4) is 0 Å². The second-order valence-electron chi connectivity index (χ2n) is 3.44. The first-order valence-electron chi connectivity index (χ1n) is 4.94. The molecule has 13 heavy (non-hydrogen) atoms. The van der Waals surface area contributed by atoms with E-state index >= 15 is 0 Å². The van der Waals surface area contributed by atoms with Crippen molar-refractivity contribution in [1.29, 1.82) is 0 Å². The average molecular weight is 181 g/mol. The van der Waals surface area contributed by atoms with Gasteiger partial charge in [-0.05, 0) is 32.4 Å². The molecule has 1 atom stereocenters. The monoisotopic (exact) mass is 181 g/mol. The Bertz CT molecular complexity index is 242. The van der Waals surface area contributed by atoms with E-state index in [4.69, 9.17) is 0 Å². The molecule has 1 heterocycles. The molecule has 1 rings (SSSR count). The van der Waals surface area contributed by atoms with E-state index in [-0.39, 0.29) is 0 Å². The van der Waals surface area contributed by atoms with E-state index in [0.29, 0.717) is 6.04 Å². The molecule has 74 valence electrons. The fourth-order valence-electron chi connectivity index (χ4n) is 1.46. The van der Waals surface area contributed by atoms with Crippen molar-refractivity contribution < 1.29 is 0 Å². The molecule has 0 bridgehead atoms. The third-order valence-electron chi connectivity index (χ3n) is 2.31. The summed E-state index contributed by atoms with van der Waals surface area (Å²) in [5.41, 5.74) is 1.31. The summed E-state index contributed by atoms with van der Waals surface area (Å²) in [6.45, 7) is 5.41. The van der Waals surface area contributed by atoms with Crippen LogP contribution in [0.15, 0.2) is 12.3 Å². The van der Waals surface area contributed by atoms with Gasteiger partial charge in [-0.25, -0.2) is 0 Å². The van der Waals surface area contributed by atoms with Crippen molar-refractivity contribution in [3.63, 3.8) is 0 Å². The Hall–Kier alpha value is -0.830. The van der Waals surface area contributed by atoms with Gasteiger partial charge in [0, 0.05) is 25.0 Å². The molecule has 0 spiro atoms. The summed E-state index contributed by atoms with van der Waals surface area (Å²) in [7, 11) is 1.99. The zero-order valence-electron chi connectivity index (χ0n) is 8.75. The van der Waals surface area contributed by atoms with Gasteiger partial charge in [0.15, 0.2) is 0 Å². The van der Waals surface area contributed by atoms with Gasteiger partial charge >= 0.3 is 0 Å². The SMILES string of the molecule is CCNC(C)CCc1ccnn1C. The van der Waals surface area contributed by atoms with E-state index in [1.54, 1.807) is 0 Å². The summed E-state index contributed by atoms with van der Waals surface area (Å²) in [6, 6.07) is 2.68. The van der Waals surface area contributed by atoms with Gasteiger partial charge in [-0.2, -0.15) is 5.10 Å². The van der Waals surface area contributed by atoms with E-state index in [0.717, 1.165) is 13.0 Å². The standard InChI is InChI=1S/C10H19N3/c1-4-11-9(2)5-6-10-7-8-12-13(10)3/h7-9,11H,4-6H2,1-3H3. The van der Waals surface area contributed by atoms with Crippen LogP contribution in [0.1, 0.15) is 26.0 Å². The fourth-order valence-corrected chi connectivity index (χ4v) is 1.46. The molecule has 0 radical (unpaired) electrons. The normalized spacial score (nSPS) is 13.2. The molecule has 0 saturated carbocycles. The van der Waals surface area contributed by atoms with Gasteiger partial charge in [0.05, 0.1) is 0 Å². The highest BCUT2D eigenvalue weighted by molar-refractivity contribution is 5.00. The van der Waals surface area contributed by atoms with Gasteiger partial charge in [-0.15, -0.1) is 0 Å². The summed E-state index contributed by atoms with van der Waals surface area (Å²) in [5.74, 6) is 0. The van der Waals surface area contributed by atoms with Crippen molar-refractivity contribution in [2.24, 2.45) is 7.05 Å². The first kappa shape index (κ1) is 10.3. The van der Waals surface area contributed by atoms with Crippen LogP contribution in [0, 0.1) is 0 Å². The topological polar surface area (TPSA) is 29.9 Å². The Morgan fingerprint density at radius 3 is 2.92 bits per heavy atom. The average Bonchev–Trinajstić information content (AvgIpc) is 2.48. The maximum Gasteiger partial charge on any atom is 0.0492 e. The number of hydrogen-bond acceptors (Lipinski definition) is 2. The van der Waals surface area contributed by atoms with E-state index in [2.05, 4.69) is 30.3 Å². The van der Waals surface area contributed by atoms with E-state index < -0.39 is 0 Å². The summed E-state index contributed by atoms with van der Waals surface area (Å²) in [4.78, 5) is 0. The molecule has 0 aliphatic carbocycles. The minimum Gasteiger partial charge on any atom is -0.315 e. The Morgan fingerprint density at radius 2 is 2.38 bits per heavy atom. The van der Waals surface area contributed by atoms with Gasteiger partial charge in [-0.1, -0.05) is 6.92 Å². The Kier molecular flexibility index (Phi) is 3.96. The highest BCUT2D eigenvalue weighted by atomic mass is 15.2. The Labute approximate surface area is 80.1 Å². The molecule has 0 aliphatic rings. The number of aromatic nitrogens is 2. The molecule has 3 nitrogen and oxygen atoms in total. The lowest BCUT2D eigenvalue weighted by Gasteiger charge is -2.11. The Morgan fingerprint density at radius 1 is 1.62 bits per heavy atom. The molecule has 0 aliphatic heterocycles. The van der Waals surface area contributed by atoms with Crippen LogP contribution in [-0.2, 0) is 13.5 Å². The zero-order chi connectivity index (χ0) is 9.68. The quantitative estimate of drug-likeness (QED) is 0.743. The maximum atomic E-state index is 4.14. The molecular formula is C10H19N3. The largest absolute Gasteiger partial charge is 0.315 e. The highest BCUT2D eigenvalue weighted by Crippen LogP contribution is 2.03. The summed E-state index contributed by atoms with van der Waals surface area (Å²) in [5, 5.41) is 7.53. The second-order valence-corrected chi connectivity index (χ2v) is 3.44. The third kappa shape index (κ3) is 3.19. The fraction of sp³-hybridized carbons (Fsp3) is 0.700. The van der Waals surface area contributed by atoms with Crippen LogP contribution in [0.25, 0.3) is 0 Å². The lowest BCUT2D eigenvalue weighted by molar-refractivity contribution is 0.520. The second kappa shape index (κ2) is 5.02. The van der Waals surface area contributed by atoms with E-state index in [1.165, 1.54) is 12.1 Å². The number of hydrogen-bond donors (Lipinski definition) is 1. The molecule has 1 aromatic rings. The van der Waals surface area contributed by atoms with E-state index in [9.17, 15) is 0 Å². The summed E-state index contributed by atoms with van der Waals surface area (Å²) in [6.07, 6.45) is 4.13. The van der Waals surface area contributed by atoms with Gasteiger partial charge in [0.2, 0.25) is 0 Å². The van der Waals surface area contributed by atoms with Crippen molar-refractivity contribution >= 4 is 0 Å². The Balaban J connectivity index is 2.30. The van der Waals surface area contributed by atoms with Crippen LogP contribution in [-0.4, -0.2) is 22.4 Å². The predicted molar refractivity (Wildman–Crippen MR) is 54.7 cm³/mol. The van der Waals surface area contributed by atoms with E-state index in [1.807, 2.05) is 17.9 Å². The van der Waals surface area contributed by atoms with Crippen LogP contribution in [0.2, 0.25) is 0 Å². The van der Waals surface area contributed by atoms with Crippen LogP contribution < -0.4 is 5.32 Å². The number of nitrogens with zero attached hydrogens (tertiary/aromatic N) is 2. The smallest absolute Gasteiger partial charge is 0.0492 e. The lowest BCUT2D eigenvalue weighted by atomic mass is 10.1. The summed E-state index contributed by atoms with van der Waals surface area (Å²) >= 11 is 0. The van der Waals surface area contributed by atoms with Crippen molar-refractivity contribution in [3.05, 3.63) is 18.0 Å². The molecule has 1 aromatic heterocycles. The van der Waals surface area contributed by atoms with Crippen molar-refractivity contribution in [2.45, 2.75) is 32.7 Å². The predicted octanol–water partition coefficient (Wildman–Crippen LogP) is 1.35. The first-order chi connectivity index (χ1) is 6.24. The molecule has 1 N–H and O–H groups in total. The first-order valence-corrected chi connectivity index (χ1v) is 4.94. The van der Waals surface area contributed by atoms with Crippen molar-refractivity contribution in [3.8, 4) is 0 Å².